The monoisotopic (exact) mass is 142 g/mol. The third-order valence-electron chi connectivity index (χ3n) is 1.94. The van der Waals surface area contributed by atoms with Gasteiger partial charge in [0.25, 0.3) is 0 Å². The van der Waals surface area contributed by atoms with Crippen LogP contribution in [0.25, 0.3) is 0 Å². The van der Waals surface area contributed by atoms with Crippen molar-refractivity contribution in [2.24, 2.45) is 5.92 Å². The first-order valence-corrected chi connectivity index (χ1v) is 3.74. The van der Waals surface area contributed by atoms with Crippen LogP contribution in [0.1, 0.15) is 33.1 Å². The number of aliphatic hydroxyl groups is 1. The molecule has 1 fully saturated rings. The predicted octanol–water partition coefficient (Wildman–Crippen LogP) is 1.13. The van der Waals surface area contributed by atoms with Crippen LogP contribution >= 0.6 is 0 Å². The molecule has 1 N–H and O–H groups in total. The molecule has 0 saturated heterocycles. The van der Waals surface area contributed by atoms with Gasteiger partial charge in [-0.3, -0.25) is 4.79 Å². The number of hydrogen-bond donors (Lipinski definition) is 1. The molecule has 0 aromatic carbocycles. The maximum atomic E-state index is 10.9. The zero-order valence-corrected chi connectivity index (χ0v) is 6.55. The van der Waals surface area contributed by atoms with Crippen molar-refractivity contribution in [3.63, 3.8) is 0 Å². The summed E-state index contributed by atoms with van der Waals surface area (Å²) in [5.41, 5.74) is -0.727. The van der Waals surface area contributed by atoms with Crippen LogP contribution in [0.5, 0.6) is 0 Å². The molecule has 0 aliphatic heterocycles. The van der Waals surface area contributed by atoms with Gasteiger partial charge in [0, 0.05) is 12.8 Å². The fourth-order valence-corrected chi connectivity index (χ4v) is 1.78. The first kappa shape index (κ1) is 7.73. The summed E-state index contributed by atoms with van der Waals surface area (Å²) < 4.78 is 0. The molecule has 10 heavy (non-hydrogen) atoms. The highest BCUT2D eigenvalue weighted by Crippen LogP contribution is 2.29. The topological polar surface area (TPSA) is 37.3 Å². The van der Waals surface area contributed by atoms with Gasteiger partial charge in [-0.15, -0.1) is 0 Å². The summed E-state index contributed by atoms with van der Waals surface area (Å²) in [5.74, 6) is 0.556. The molecular formula is C8H14O2. The van der Waals surface area contributed by atoms with Crippen molar-refractivity contribution in [2.75, 3.05) is 0 Å². The molecule has 0 spiro atoms. The second-order valence-corrected chi connectivity index (χ2v) is 3.73. The van der Waals surface area contributed by atoms with Gasteiger partial charge in [0.05, 0.1) is 5.60 Å². The molecule has 1 aliphatic rings. The molecule has 1 rings (SSSR count). The Labute approximate surface area is 61.2 Å². The smallest absolute Gasteiger partial charge is 0.136 e. The molecule has 2 atom stereocenters. The van der Waals surface area contributed by atoms with E-state index < -0.39 is 5.60 Å². The molecule has 1 saturated carbocycles. The third-order valence-corrected chi connectivity index (χ3v) is 1.94. The van der Waals surface area contributed by atoms with Crippen LogP contribution in [0, 0.1) is 5.92 Å². The van der Waals surface area contributed by atoms with E-state index >= 15 is 0 Å². The van der Waals surface area contributed by atoms with Gasteiger partial charge in [-0.05, 0) is 19.3 Å². The first-order chi connectivity index (χ1) is 4.49. The largest absolute Gasteiger partial charge is 0.390 e. The average molecular weight is 142 g/mol. The van der Waals surface area contributed by atoms with Crippen LogP contribution in [0.4, 0.5) is 0 Å². The van der Waals surface area contributed by atoms with Gasteiger partial charge in [0.15, 0.2) is 0 Å². The first-order valence-electron chi connectivity index (χ1n) is 3.74. The van der Waals surface area contributed by atoms with Crippen LogP contribution in [0.15, 0.2) is 0 Å². The van der Waals surface area contributed by atoms with Gasteiger partial charge in [-0.25, -0.2) is 0 Å². The maximum absolute atomic E-state index is 10.9. The lowest BCUT2D eigenvalue weighted by atomic mass is 9.79. The molecule has 0 heterocycles. The van der Waals surface area contributed by atoms with Crippen LogP contribution in [-0.2, 0) is 4.79 Å². The highest BCUT2D eigenvalue weighted by Gasteiger charge is 2.32. The third kappa shape index (κ3) is 1.81. The van der Waals surface area contributed by atoms with E-state index in [1.807, 2.05) is 6.92 Å². The number of Topliss-reactive ketones (excluding diaryl/α,β-unsaturated/α-hetero) is 1. The van der Waals surface area contributed by atoms with E-state index in [9.17, 15) is 9.90 Å². The van der Waals surface area contributed by atoms with Gasteiger partial charge >= 0.3 is 0 Å². The number of ketones is 1. The summed E-state index contributed by atoms with van der Waals surface area (Å²) in [6.45, 7) is 3.74. The molecule has 0 amide bonds. The minimum atomic E-state index is -0.727. The zero-order chi connectivity index (χ0) is 7.78. The van der Waals surface area contributed by atoms with Gasteiger partial charge in [0.1, 0.15) is 5.78 Å². The molecule has 2 heteroatoms. The fourth-order valence-electron chi connectivity index (χ4n) is 1.78. The average Bonchev–Trinajstić information content (AvgIpc) is 1.54. The fraction of sp³-hybridized carbons (Fsp3) is 0.875. The minimum Gasteiger partial charge on any atom is -0.390 e. The second kappa shape index (κ2) is 2.35. The Morgan fingerprint density at radius 1 is 1.70 bits per heavy atom. The van der Waals surface area contributed by atoms with Crippen molar-refractivity contribution in [1.29, 1.82) is 0 Å². The lowest BCUT2D eigenvalue weighted by molar-refractivity contribution is -0.129. The number of hydrogen-bond acceptors (Lipinski definition) is 2. The van der Waals surface area contributed by atoms with E-state index in [2.05, 4.69) is 0 Å². The molecule has 1 aliphatic carbocycles. The van der Waals surface area contributed by atoms with E-state index in [1.165, 1.54) is 0 Å². The van der Waals surface area contributed by atoms with Gasteiger partial charge < -0.3 is 5.11 Å². The standard InChI is InChI=1S/C8H14O2/c1-6-3-7(9)5-8(2,10)4-6/h6,10H,3-5H2,1-2H3/t6-,8+/m0/s1. The molecule has 0 aromatic rings. The highest BCUT2D eigenvalue weighted by molar-refractivity contribution is 5.80. The predicted molar refractivity (Wildman–Crippen MR) is 38.6 cm³/mol. The zero-order valence-electron chi connectivity index (χ0n) is 6.55. The summed E-state index contributed by atoms with van der Waals surface area (Å²) in [7, 11) is 0. The van der Waals surface area contributed by atoms with Crippen molar-refractivity contribution in [3.8, 4) is 0 Å². The number of carbonyl (C=O) groups is 1. The SMILES string of the molecule is C[C@H]1CC(=O)C[C@](C)(O)C1. The Morgan fingerprint density at radius 3 is 2.70 bits per heavy atom. The Morgan fingerprint density at radius 2 is 2.30 bits per heavy atom. The molecule has 58 valence electrons. The summed E-state index contributed by atoms with van der Waals surface area (Å²) in [6.07, 6.45) is 1.76. The normalized spacial score (nSPS) is 41.9. The van der Waals surface area contributed by atoms with Crippen molar-refractivity contribution < 1.29 is 9.90 Å². The summed E-state index contributed by atoms with van der Waals surface area (Å²) in [5, 5.41) is 9.49. The number of rotatable bonds is 0. The Balaban J connectivity index is 2.59. The number of carbonyl (C=O) groups excluding carboxylic acids is 1. The lowest BCUT2D eigenvalue weighted by Gasteiger charge is -2.30. The molecule has 0 aromatic heterocycles. The van der Waals surface area contributed by atoms with E-state index in [0.29, 0.717) is 18.8 Å². The molecular weight excluding hydrogens is 128 g/mol. The minimum absolute atomic E-state index is 0.198. The summed E-state index contributed by atoms with van der Waals surface area (Å²) >= 11 is 0. The van der Waals surface area contributed by atoms with E-state index in [1.54, 1.807) is 6.92 Å². The summed E-state index contributed by atoms with van der Waals surface area (Å²) in [4.78, 5) is 10.9. The maximum Gasteiger partial charge on any atom is 0.136 e. The molecule has 0 radical (unpaired) electrons. The molecule has 2 nitrogen and oxygen atoms in total. The van der Waals surface area contributed by atoms with Crippen molar-refractivity contribution in [2.45, 2.75) is 38.7 Å². The van der Waals surface area contributed by atoms with Gasteiger partial charge in [-0.2, -0.15) is 0 Å². The van der Waals surface area contributed by atoms with Crippen molar-refractivity contribution in [1.82, 2.24) is 0 Å². The van der Waals surface area contributed by atoms with Crippen LogP contribution in [0.2, 0.25) is 0 Å². The van der Waals surface area contributed by atoms with Gasteiger partial charge in [0.2, 0.25) is 0 Å². The second-order valence-electron chi connectivity index (χ2n) is 3.73. The molecule has 0 bridgehead atoms. The van der Waals surface area contributed by atoms with Crippen LogP contribution in [-0.4, -0.2) is 16.5 Å². The Hall–Kier alpha value is -0.370. The Bertz CT molecular complexity index is 149. The van der Waals surface area contributed by atoms with E-state index in [4.69, 9.17) is 0 Å². The van der Waals surface area contributed by atoms with E-state index in [-0.39, 0.29) is 5.78 Å². The lowest BCUT2D eigenvalue weighted by Crippen LogP contribution is -2.35. The molecule has 0 unspecified atom stereocenters. The highest BCUT2D eigenvalue weighted by atomic mass is 16.3. The quantitative estimate of drug-likeness (QED) is 0.550. The summed E-state index contributed by atoms with van der Waals surface area (Å²) in [6, 6.07) is 0. The van der Waals surface area contributed by atoms with Crippen molar-refractivity contribution in [3.05, 3.63) is 0 Å². The van der Waals surface area contributed by atoms with Crippen LogP contribution in [0.3, 0.4) is 0 Å². The van der Waals surface area contributed by atoms with E-state index in [0.717, 1.165) is 6.42 Å². The van der Waals surface area contributed by atoms with Gasteiger partial charge in [-0.1, -0.05) is 6.92 Å². The van der Waals surface area contributed by atoms with Crippen molar-refractivity contribution >= 4 is 5.78 Å². The Kier molecular flexibility index (Phi) is 1.82. The van der Waals surface area contributed by atoms with Crippen LogP contribution < -0.4 is 0 Å².